The van der Waals surface area contributed by atoms with Crippen molar-refractivity contribution in [3.63, 3.8) is 0 Å². The van der Waals surface area contributed by atoms with Crippen LogP contribution in [0.15, 0.2) is 24.3 Å². The molecule has 1 aromatic rings. The van der Waals surface area contributed by atoms with Crippen LogP contribution in [0.3, 0.4) is 0 Å². The molecule has 16 atom stereocenters. The predicted octanol–water partition coefficient (Wildman–Crippen LogP) is 1.47. The first-order chi connectivity index (χ1) is 70.3. The second-order valence-electron chi connectivity index (χ2n) is 35.5. The van der Waals surface area contributed by atoms with Crippen molar-refractivity contribution in [3.05, 3.63) is 29.8 Å². The monoisotopic (exact) mass is 2130 g/mol. The molecule has 16 unspecified atom stereocenters. The fourth-order valence-electron chi connectivity index (χ4n) is 15.2. The number of carbonyl (C=O) groups excluding carboxylic acids is 19. The fraction of sp³-hybridized carbons (Fsp3) is 0.729. The number of nitriles is 1. The summed E-state index contributed by atoms with van der Waals surface area (Å²) in [6.45, 7) is 19.4. The number of nitrogens with one attached hydrogen (secondary N) is 10. The maximum Gasteiger partial charge on any atom is 0.321 e. The number of hydrogen-bond acceptors (Lipinski definition) is 42. The molecule has 0 bridgehead atoms. The average molecular weight is 2130 g/mol. The zero-order valence-electron chi connectivity index (χ0n) is 87.3. The first kappa shape index (κ1) is 129. The van der Waals surface area contributed by atoms with Gasteiger partial charge in [0.05, 0.1) is 65.3 Å². The highest BCUT2D eigenvalue weighted by atomic mass is 31.2. The van der Waals surface area contributed by atoms with E-state index in [0.717, 1.165) is 62.3 Å². The van der Waals surface area contributed by atoms with Crippen LogP contribution in [0, 0.1) is 11.3 Å². The number of benzene rings is 1. The van der Waals surface area contributed by atoms with Gasteiger partial charge in [-0.3, -0.25) is 96.4 Å². The van der Waals surface area contributed by atoms with Crippen LogP contribution < -0.4 is 57.7 Å². The van der Waals surface area contributed by atoms with Crippen LogP contribution in [0.25, 0.3) is 0 Å². The second-order valence-corrected chi connectivity index (χ2v) is 36.9. The quantitative estimate of drug-likeness (QED) is 0.0191. The van der Waals surface area contributed by atoms with Crippen molar-refractivity contribution in [3.8, 4) is 11.8 Å². The standard InChI is InChI=1S/C96H151N12O39P/c1-58(2)108(59(3)4)148(137-47-23-37-97)147-73-32-30-72(31-33-73)92(127)107-96(56-129-49-35-81(125)102-42-25-39-99-78(122)28-18-21-45-132-94-84(105-61(6)110)90(142-70(15)119)87(139-67(12)116)75(145-94)53-135-64(9)113,57-130-50-36-82(126)103-43-26-40-100-79(123)29-19-22-46-133-95-85(106-62(7)111)91(143-71(16)120)88(140-68(13)117)76(146-95)54-136-65(10)114)55-128-48-34-80(124)101-41-24-38-98-77(121)27-17-20-44-131-93-83(104-51-60(5)109)89(141-69(14)118)86(138-66(11)115)74(144-93)52-134-63(8)112/h30-33,58-59,74-76,83-91,93-95,104H,17-29,34-36,38-57H2,1-16H3,(H,98,121)(H,99,122)(H,100,123)(H,101,124)(H,102,125)(H,103,126)(H,105,110)(H,106,111)(H,107,127). The van der Waals surface area contributed by atoms with Crippen LogP contribution in [0.4, 0.5) is 0 Å². The Balaban J connectivity index is 1.46. The van der Waals surface area contributed by atoms with Gasteiger partial charge in [0.15, 0.2) is 55.5 Å². The van der Waals surface area contributed by atoms with Gasteiger partial charge in [0, 0.05) is 191 Å². The van der Waals surface area contributed by atoms with Crippen LogP contribution in [-0.2, 0) is 176 Å². The topological polar surface area (TPSA) is 656 Å². The number of ether oxygens (including phenoxy) is 18. The molecule has 0 aliphatic carbocycles. The van der Waals surface area contributed by atoms with E-state index >= 15 is 0 Å². The Bertz CT molecular complexity index is 4280. The molecule has 3 saturated heterocycles. The van der Waals surface area contributed by atoms with Crippen molar-refractivity contribution in [2.24, 2.45) is 0 Å². The third-order valence-corrected chi connectivity index (χ3v) is 23.6. The van der Waals surface area contributed by atoms with Crippen molar-refractivity contribution < 1.29 is 185 Å². The maximum atomic E-state index is 14.7. The minimum absolute atomic E-state index is 0.00257. The lowest BCUT2D eigenvalue weighted by atomic mass is 9.96. The molecule has 10 N–H and O–H groups in total. The summed E-state index contributed by atoms with van der Waals surface area (Å²) in [5.74, 6) is -10.7. The number of ketones is 1. The number of rotatable bonds is 72. The average Bonchev–Trinajstić information content (AvgIpc) is 0.792. The van der Waals surface area contributed by atoms with Gasteiger partial charge in [-0.05, 0) is 117 Å². The van der Waals surface area contributed by atoms with E-state index in [-0.39, 0.29) is 198 Å². The van der Waals surface area contributed by atoms with Gasteiger partial charge in [-0.1, -0.05) is 0 Å². The number of Topliss-reactive ketones (excluding diaryl/α,β-unsaturated/α-hetero) is 1. The minimum atomic E-state index is -1.76. The van der Waals surface area contributed by atoms with Crippen LogP contribution in [0.1, 0.15) is 224 Å². The molecule has 0 radical (unpaired) electrons. The molecule has 3 aliphatic heterocycles. The Hall–Kier alpha value is -11.4. The van der Waals surface area contributed by atoms with Crippen LogP contribution in [0.2, 0.25) is 0 Å². The molecule has 0 saturated carbocycles. The molecule has 9 amide bonds. The summed E-state index contributed by atoms with van der Waals surface area (Å²) in [5.41, 5.74) is -1.52. The normalized spacial score (nSPS) is 21.0. The molecule has 3 aliphatic rings. The Morgan fingerprint density at radius 3 is 0.973 bits per heavy atom. The number of nitrogens with zero attached hydrogens (tertiary/aromatic N) is 2. The molecule has 834 valence electrons. The van der Waals surface area contributed by atoms with Gasteiger partial charge in [0.25, 0.3) is 5.91 Å². The van der Waals surface area contributed by atoms with E-state index in [0.29, 0.717) is 63.5 Å². The molecule has 51 nitrogen and oxygen atoms in total. The minimum Gasteiger partial charge on any atom is -0.463 e. The number of carbonyl (C=O) groups is 19. The Kier molecular flexibility index (Phi) is 62.1. The Morgan fingerprint density at radius 2 is 0.682 bits per heavy atom. The van der Waals surface area contributed by atoms with Crippen LogP contribution >= 0.6 is 8.53 Å². The van der Waals surface area contributed by atoms with E-state index in [1.807, 2.05) is 32.4 Å². The lowest BCUT2D eigenvalue weighted by Gasteiger charge is -2.45. The van der Waals surface area contributed by atoms with Crippen molar-refractivity contribution in [2.75, 3.05) is 132 Å². The molecule has 3 heterocycles. The SMILES string of the molecule is CC(=O)CNC1C(OCCCCC(=O)NCCCNC(=O)CCOCC(COCCC(=O)NCCCNC(=O)CCCCOC2OC(COC(C)=O)C(OC(C)=O)C(OC(C)=O)C2NC(C)=O)(COCCC(=O)NCCCNC(=O)CCCCOC2OC(COC(C)=O)C(OC(C)=O)C(OC(C)=O)C2NC(C)=O)NC(=O)c2ccc(OP(OCCC#N)N(C(C)C)C(C)C)cc2)OC(COC(C)=O)C(OC(C)=O)C1OC(C)=O. The van der Waals surface area contributed by atoms with Gasteiger partial charge < -0.3 is 142 Å². The summed E-state index contributed by atoms with van der Waals surface area (Å²) in [5, 5.41) is 37.3. The fourth-order valence-corrected chi connectivity index (χ4v) is 16.8. The Labute approximate surface area is 862 Å². The second kappa shape index (κ2) is 71.3. The molecule has 0 aromatic heterocycles. The van der Waals surface area contributed by atoms with Gasteiger partial charge in [-0.2, -0.15) is 5.26 Å². The van der Waals surface area contributed by atoms with Crippen molar-refractivity contribution in [1.82, 2.24) is 57.8 Å². The van der Waals surface area contributed by atoms with Crippen molar-refractivity contribution in [2.45, 2.75) is 323 Å². The lowest BCUT2D eigenvalue weighted by Crippen LogP contribution is -2.66. The summed E-state index contributed by atoms with van der Waals surface area (Å²) in [7, 11) is -1.76. The number of amides is 9. The van der Waals surface area contributed by atoms with E-state index in [1.165, 1.54) is 32.9 Å². The molecule has 148 heavy (non-hydrogen) atoms. The Morgan fingerprint density at radius 1 is 0.378 bits per heavy atom. The first-order valence-corrected chi connectivity index (χ1v) is 50.5. The highest BCUT2D eigenvalue weighted by Crippen LogP contribution is 2.46. The smallest absolute Gasteiger partial charge is 0.321 e. The predicted molar refractivity (Wildman–Crippen MR) is 517 cm³/mol. The number of esters is 9. The van der Waals surface area contributed by atoms with E-state index in [1.54, 1.807) is 12.1 Å². The number of hydrogen-bond donors (Lipinski definition) is 10. The van der Waals surface area contributed by atoms with Crippen molar-refractivity contribution in [1.29, 1.82) is 5.26 Å². The summed E-state index contributed by atoms with van der Waals surface area (Å²) >= 11 is 0. The molecule has 0 spiro atoms. The first-order valence-electron chi connectivity index (χ1n) is 49.3. The summed E-state index contributed by atoms with van der Waals surface area (Å²) in [4.78, 5) is 240. The van der Waals surface area contributed by atoms with E-state index in [4.69, 9.17) is 94.3 Å². The molecule has 3 fully saturated rings. The third-order valence-electron chi connectivity index (χ3n) is 21.6. The van der Waals surface area contributed by atoms with Gasteiger partial charge in [0.1, 0.15) is 73.3 Å². The summed E-state index contributed by atoms with van der Waals surface area (Å²) < 4.78 is 118. The molecule has 52 heteroatoms. The lowest BCUT2D eigenvalue weighted by molar-refractivity contribution is -0.278. The van der Waals surface area contributed by atoms with E-state index < -0.39 is 215 Å². The van der Waals surface area contributed by atoms with Crippen LogP contribution in [-0.4, -0.2) is 359 Å². The summed E-state index contributed by atoms with van der Waals surface area (Å²) in [6, 6.07) is 4.72. The maximum absolute atomic E-state index is 14.7. The molecule has 4 rings (SSSR count). The highest BCUT2D eigenvalue weighted by molar-refractivity contribution is 7.45. The zero-order valence-corrected chi connectivity index (χ0v) is 88.2. The van der Waals surface area contributed by atoms with Gasteiger partial charge >= 0.3 is 62.2 Å². The highest BCUT2D eigenvalue weighted by Gasteiger charge is 2.55. The van der Waals surface area contributed by atoms with Gasteiger partial charge in [0.2, 0.25) is 47.3 Å². The van der Waals surface area contributed by atoms with Gasteiger partial charge in [-0.15, -0.1) is 0 Å². The molecular formula is C96H151N12O39P. The van der Waals surface area contributed by atoms with E-state index in [2.05, 4.69) is 59.2 Å². The summed E-state index contributed by atoms with van der Waals surface area (Å²) in [6.07, 6.45) is -12.7. The van der Waals surface area contributed by atoms with Crippen LogP contribution in [0.5, 0.6) is 5.75 Å². The van der Waals surface area contributed by atoms with Crippen molar-refractivity contribution >= 4 is 121 Å². The largest absolute Gasteiger partial charge is 0.463 e. The molecule has 1 aromatic carbocycles. The van der Waals surface area contributed by atoms with E-state index in [9.17, 15) is 96.4 Å². The zero-order chi connectivity index (χ0) is 110. The third kappa shape index (κ3) is 53.1. The molecular weight excluding hydrogens is 1980 g/mol. The number of unbranched alkanes of at least 4 members (excludes halogenated alkanes) is 3. The van der Waals surface area contributed by atoms with Gasteiger partial charge in [-0.25, -0.2) is 4.67 Å².